The minimum Gasteiger partial charge on any atom is -0.495 e. The van der Waals surface area contributed by atoms with Crippen LogP contribution in [0.1, 0.15) is 43.6 Å². The van der Waals surface area contributed by atoms with Crippen LogP contribution in [-0.4, -0.2) is 38.6 Å². The molecular weight excluding hydrogens is 458 g/mol. The lowest BCUT2D eigenvalue weighted by Gasteiger charge is -2.20. The minimum atomic E-state index is -0.419. The van der Waals surface area contributed by atoms with Crippen molar-refractivity contribution in [3.05, 3.63) is 51.8 Å². The molecule has 2 aliphatic rings. The Morgan fingerprint density at radius 2 is 1.97 bits per heavy atom. The van der Waals surface area contributed by atoms with Crippen molar-refractivity contribution in [1.82, 2.24) is 9.58 Å². The van der Waals surface area contributed by atoms with E-state index in [0.717, 1.165) is 40.5 Å². The molecule has 2 aliphatic heterocycles. The summed E-state index contributed by atoms with van der Waals surface area (Å²) in [5.74, 6) is 0.540. The fourth-order valence-corrected chi connectivity index (χ4v) is 5.50. The first-order chi connectivity index (χ1) is 15.8. The summed E-state index contributed by atoms with van der Waals surface area (Å²) in [5, 5.41) is 16.6. The predicted octanol–water partition coefficient (Wildman–Crippen LogP) is 5.81. The molecule has 7 nitrogen and oxygen atoms in total. The third-order valence-corrected chi connectivity index (χ3v) is 7.33. The van der Waals surface area contributed by atoms with E-state index < -0.39 is 5.91 Å². The molecule has 2 aromatic rings. The van der Waals surface area contributed by atoms with E-state index in [2.05, 4.69) is 28.5 Å². The highest BCUT2D eigenvalue weighted by molar-refractivity contribution is 8.27. The molecule has 0 aliphatic carbocycles. The summed E-state index contributed by atoms with van der Waals surface area (Å²) in [6.45, 7) is 8.19. The molecule has 1 N–H and O–H groups in total. The van der Waals surface area contributed by atoms with Crippen LogP contribution in [0.25, 0.3) is 11.8 Å². The molecule has 1 aromatic heterocycles. The van der Waals surface area contributed by atoms with Gasteiger partial charge in [-0.15, -0.1) is 0 Å². The zero-order valence-electron chi connectivity index (χ0n) is 19.3. The van der Waals surface area contributed by atoms with Crippen molar-refractivity contribution in [2.75, 3.05) is 7.11 Å². The van der Waals surface area contributed by atoms with Crippen molar-refractivity contribution in [3.63, 3.8) is 0 Å². The summed E-state index contributed by atoms with van der Waals surface area (Å²) in [6, 6.07) is 7.59. The molecule has 0 saturated carbocycles. The number of benzene rings is 1. The van der Waals surface area contributed by atoms with Crippen LogP contribution in [0, 0.1) is 25.2 Å². The Balaban J connectivity index is 1.71. The molecule has 1 amide bonds. The molecule has 0 atom stereocenters. The van der Waals surface area contributed by atoms with E-state index in [-0.39, 0.29) is 11.4 Å². The Morgan fingerprint density at radius 1 is 1.24 bits per heavy atom. The highest BCUT2D eigenvalue weighted by Gasteiger charge is 2.37. The molecule has 0 spiro atoms. The molecule has 9 heteroatoms. The van der Waals surface area contributed by atoms with Gasteiger partial charge >= 0.3 is 0 Å². The van der Waals surface area contributed by atoms with Crippen molar-refractivity contribution in [2.45, 2.75) is 40.5 Å². The van der Waals surface area contributed by atoms with Crippen molar-refractivity contribution >= 4 is 51.4 Å². The molecule has 172 valence electrons. The van der Waals surface area contributed by atoms with E-state index in [9.17, 15) is 4.79 Å². The van der Waals surface area contributed by atoms with Crippen LogP contribution in [-0.2, 0) is 4.79 Å². The van der Waals surface area contributed by atoms with Crippen LogP contribution in [0.3, 0.4) is 0 Å². The normalized spacial score (nSPS) is 17.1. The Hall–Kier alpha value is -2.84. The van der Waals surface area contributed by atoms with Gasteiger partial charge in [0.15, 0.2) is 5.84 Å². The number of ether oxygens (including phenoxy) is 1. The van der Waals surface area contributed by atoms with Crippen LogP contribution < -0.4 is 4.74 Å². The smallest absolute Gasteiger partial charge is 0.283 e. The summed E-state index contributed by atoms with van der Waals surface area (Å²) in [5.41, 5.74) is 3.85. The fraction of sp³-hybridized carbons (Fsp3) is 0.333. The van der Waals surface area contributed by atoms with E-state index in [1.165, 1.54) is 16.8 Å². The number of aryl methyl sites for hydroxylation is 1. The molecule has 3 heterocycles. The Morgan fingerprint density at radius 3 is 2.61 bits per heavy atom. The summed E-state index contributed by atoms with van der Waals surface area (Å²) in [4.78, 5) is 17.1. The van der Waals surface area contributed by atoms with E-state index in [1.54, 1.807) is 13.2 Å². The third kappa shape index (κ3) is 4.13. The highest BCUT2D eigenvalue weighted by atomic mass is 35.5. The van der Waals surface area contributed by atoms with Crippen molar-refractivity contribution in [1.29, 1.82) is 5.41 Å². The standard InChI is InChI=1S/C24H26ClN5O2S/c1-6-15(7-2)23-28-30-21(26)18(22(31)27-24(30)33-23)11-16-10-13(3)29(14(16)4)17-8-9-20(32-5)19(25)12-17/h8-12,15,26H,6-7H2,1-5H3/b18-11-,26-21?. The Labute approximate surface area is 202 Å². The fourth-order valence-electron chi connectivity index (χ4n) is 4.09. The number of halogens is 1. The Bertz CT molecular complexity index is 1240. The molecule has 0 radical (unpaired) electrons. The molecule has 0 fully saturated rings. The molecule has 33 heavy (non-hydrogen) atoms. The first kappa shape index (κ1) is 23.3. The monoisotopic (exact) mass is 483 g/mol. The first-order valence-electron chi connectivity index (χ1n) is 10.8. The molecule has 0 saturated heterocycles. The van der Waals surface area contributed by atoms with Crippen molar-refractivity contribution < 1.29 is 9.53 Å². The van der Waals surface area contributed by atoms with Gasteiger partial charge in [-0.1, -0.05) is 25.4 Å². The van der Waals surface area contributed by atoms with Gasteiger partial charge < -0.3 is 9.30 Å². The van der Waals surface area contributed by atoms with Gasteiger partial charge in [0, 0.05) is 23.0 Å². The summed E-state index contributed by atoms with van der Waals surface area (Å²) < 4.78 is 7.31. The van der Waals surface area contributed by atoms with Gasteiger partial charge in [0.2, 0.25) is 5.17 Å². The number of hydrazone groups is 1. The number of methoxy groups -OCH3 is 1. The average Bonchev–Trinajstić information content (AvgIpc) is 3.32. The number of carbonyl (C=O) groups is 1. The molecule has 1 aromatic carbocycles. The van der Waals surface area contributed by atoms with Crippen LogP contribution in [0.15, 0.2) is 39.9 Å². The van der Waals surface area contributed by atoms with Crippen molar-refractivity contribution in [2.24, 2.45) is 16.0 Å². The maximum atomic E-state index is 12.8. The number of fused-ring (bicyclic) bond motifs is 1. The summed E-state index contributed by atoms with van der Waals surface area (Å²) in [6.07, 6.45) is 3.63. The lowest BCUT2D eigenvalue weighted by Crippen LogP contribution is -2.35. The van der Waals surface area contributed by atoms with Crippen LogP contribution in [0.4, 0.5) is 0 Å². The predicted molar refractivity (Wildman–Crippen MR) is 136 cm³/mol. The molecule has 4 rings (SSSR count). The average molecular weight is 484 g/mol. The van der Waals surface area contributed by atoms with Crippen molar-refractivity contribution in [3.8, 4) is 11.4 Å². The number of amides is 1. The molecule has 0 unspecified atom stereocenters. The van der Waals surface area contributed by atoms with E-state index >= 15 is 0 Å². The number of rotatable bonds is 6. The topological polar surface area (TPSA) is 83.0 Å². The second kappa shape index (κ2) is 9.19. The number of aromatic nitrogens is 1. The zero-order valence-corrected chi connectivity index (χ0v) is 20.8. The van der Waals surface area contributed by atoms with Gasteiger partial charge in [-0.25, -0.2) is 0 Å². The lowest BCUT2D eigenvalue weighted by molar-refractivity contribution is -0.114. The number of hydrogen-bond donors (Lipinski definition) is 1. The number of hydrogen-bond acceptors (Lipinski definition) is 5. The maximum Gasteiger partial charge on any atom is 0.283 e. The van der Waals surface area contributed by atoms with Gasteiger partial charge in [0.25, 0.3) is 5.91 Å². The maximum absolute atomic E-state index is 12.8. The van der Waals surface area contributed by atoms with Gasteiger partial charge in [-0.2, -0.15) is 15.1 Å². The van der Waals surface area contributed by atoms with Gasteiger partial charge in [-0.3, -0.25) is 10.2 Å². The van der Waals surface area contributed by atoms with Crippen LogP contribution >= 0.6 is 23.4 Å². The van der Waals surface area contributed by atoms with Crippen LogP contribution in [0.5, 0.6) is 5.75 Å². The highest BCUT2D eigenvalue weighted by Crippen LogP contribution is 2.34. The number of thioether (sulfide) groups is 1. The number of nitrogens with zero attached hydrogens (tertiary/aromatic N) is 4. The quantitative estimate of drug-likeness (QED) is 0.525. The first-order valence-corrected chi connectivity index (χ1v) is 12.0. The number of aliphatic imine (C=N–C) groups is 1. The largest absolute Gasteiger partial charge is 0.495 e. The van der Waals surface area contributed by atoms with Gasteiger partial charge in [0.05, 0.1) is 17.7 Å². The number of nitrogens with one attached hydrogen (secondary N) is 1. The second-order valence-corrected chi connectivity index (χ2v) is 9.35. The lowest BCUT2D eigenvalue weighted by atomic mass is 10.1. The van der Waals surface area contributed by atoms with E-state index in [1.807, 2.05) is 38.1 Å². The summed E-state index contributed by atoms with van der Waals surface area (Å²) in [7, 11) is 1.58. The number of carbonyl (C=O) groups excluding carboxylic acids is 1. The molecular formula is C24H26ClN5O2S. The zero-order chi connectivity index (χ0) is 23.9. The Kier molecular flexibility index (Phi) is 6.50. The molecule has 0 bridgehead atoms. The van der Waals surface area contributed by atoms with Gasteiger partial charge in [-0.05, 0) is 74.4 Å². The van der Waals surface area contributed by atoms with E-state index in [0.29, 0.717) is 21.9 Å². The third-order valence-electron chi connectivity index (χ3n) is 5.97. The second-order valence-electron chi connectivity index (χ2n) is 7.95. The van der Waals surface area contributed by atoms with Crippen LogP contribution in [0.2, 0.25) is 5.02 Å². The summed E-state index contributed by atoms with van der Waals surface area (Å²) >= 11 is 7.72. The SMILES string of the molecule is CCC(CC)C1=NN2C(=N)/C(=C/c3cc(C)n(-c4ccc(OC)c(Cl)c4)c3C)C(=O)N=C2S1. The van der Waals surface area contributed by atoms with E-state index in [4.69, 9.17) is 21.7 Å². The number of amidine groups is 2. The van der Waals surface area contributed by atoms with Gasteiger partial charge in [0.1, 0.15) is 10.8 Å². The minimum absolute atomic E-state index is 0.0516.